The molecule has 82 valence electrons. The van der Waals surface area contributed by atoms with Crippen molar-refractivity contribution in [1.82, 2.24) is 4.31 Å². The zero-order valence-corrected chi connectivity index (χ0v) is 9.29. The van der Waals surface area contributed by atoms with Crippen LogP contribution in [-0.2, 0) is 10.0 Å². The number of nitrogens with zero attached hydrogens (tertiary/aromatic N) is 2. The first kappa shape index (κ1) is 11.5. The normalized spacial score (nSPS) is 28.1. The number of hydrogen-bond donors (Lipinski definition) is 1. The first-order chi connectivity index (χ1) is 6.51. The van der Waals surface area contributed by atoms with Crippen molar-refractivity contribution in [3.8, 4) is 0 Å². The van der Waals surface area contributed by atoms with E-state index in [0.29, 0.717) is 25.2 Å². The Labute approximate surface area is 84.5 Å². The van der Waals surface area contributed by atoms with Crippen LogP contribution in [-0.4, -0.2) is 42.5 Å². The number of hydrogen-bond acceptors (Lipinski definition) is 4. The summed E-state index contributed by atoms with van der Waals surface area (Å²) in [7, 11) is -3.09. The zero-order chi connectivity index (χ0) is 10.8. The average Bonchev–Trinajstić information content (AvgIpc) is 2.17. The van der Waals surface area contributed by atoms with Crippen LogP contribution in [0.4, 0.5) is 0 Å². The molecule has 0 aromatic rings. The topological polar surface area (TPSA) is 70.0 Å². The van der Waals surface area contributed by atoms with E-state index in [1.54, 1.807) is 6.92 Å². The van der Waals surface area contributed by atoms with E-state index in [1.165, 1.54) is 4.31 Å². The van der Waals surface area contributed by atoms with Crippen LogP contribution in [0.1, 0.15) is 20.3 Å². The van der Waals surface area contributed by atoms with E-state index in [1.807, 2.05) is 6.92 Å². The molecule has 0 amide bonds. The fourth-order valence-electron chi connectivity index (χ4n) is 1.57. The average molecular weight is 220 g/mol. The highest BCUT2D eigenvalue weighted by Crippen LogP contribution is 2.16. The van der Waals surface area contributed by atoms with Gasteiger partial charge in [-0.05, 0) is 6.92 Å². The quantitative estimate of drug-likeness (QED) is 0.544. The largest absolute Gasteiger partial charge is 0.411 e. The summed E-state index contributed by atoms with van der Waals surface area (Å²) in [5, 5.41) is 11.8. The fourth-order valence-corrected chi connectivity index (χ4v) is 2.76. The van der Waals surface area contributed by atoms with Crippen molar-refractivity contribution in [2.75, 3.05) is 18.8 Å². The smallest absolute Gasteiger partial charge is 0.213 e. The van der Waals surface area contributed by atoms with Gasteiger partial charge in [-0.25, -0.2) is 12.7 Å². The van der Waals surface area contributed by atoms with Crippen molar-refractivity contribution in [2.24, 2.45) is 11.1 Å². The van der Waals surface area contributed by atoms with Crippen LogP contribution in [0.15, 0.2) is 5.16 Å². The minimum absolute atomic E-state index is 0.00933. The Morgan fingerprint density at radius 3 is 2.71 bits per heavy atom. The van der Waals surface area contributed by atoms with Crippen molar-refractivity contribution in [1.29, 1.82) is 0 Å². The van der Waals surface area contributed by atoms with E-state index in [9.17, 15) is 8.42 Å². The molecule has 0 radical (unpaired) electrons. The highest BCUT2D eigenvalue weighted by atomic mass is 32.2. The van der Waals surface area contributed by atoms with E-state index in [4.69, 9.17) is 5.21 Å². The summed E-state index contributed by atoms with van der Waals surface area (Å²) in [6.45, 7) is 4.36. The minimum Gasteiger partial charge on any atom is -0.411 e. The number of oxime groups is 1. The van der Waals surface area contributed by atoms with Gasteiger partial charge in [-0.1, -0.05) is 12.1 Å². The monoisotopic (exact) mass is 220 g/mol. The van der Waals surface area contributed by atoms with Crippen molar-refractivity contribution < 1.29 is 13.6 Å². The molecular formula is C8H16N2O3S. The van der Waals surface area contributed by atoms with E-state index in [-0.39, 0.29) is 11.7 Å². The number of sulfonamides is 1. The third kappa shape index (κ3) is 2.24. The van der Waals surface area contributed by atoms with Gasteiger partial charge in [0.25, 0.3) is 0 Å². The van der Waals surface area contributed by atoms with Crippen molar-refractivity contribution in [2.45, 2.75) is 20.3 Å². The molecule has 0 aromatic heterocycles. The summed E-state index contributed by atoms with van der Waals surface area (Å²) in [5.41, 5.74) is 0.688. The van der Waals surface area contributed by atoms with E-state index >= 15 is 0 Å². The molecule has 1 saturated heterocycles. The van der Waals surface area contributed by atoms with Gasteiger partial charge in [0.2, 0.25) is 10.0 Å². The van der Waals surface area contributed by atoms with Gasteiger partial charge in [-0.3, -0.25) is 0 Å². The van der Waals surface area contributed by atoms with Crippen molar-refractivity contribution in [3.05, 3.63) is 0 Å². The van der Waals surface area contributed by atoms with Crippen LogP contribution < -0.4 is 0 Å². The van der Waals surface area contributed by atoms with Gasteiger partial charge in [0, 0.05) is 25.4 Å². The molecular weight excluding hydrogens is 204 g/mol. The second-order valence-corrected chi connectivity index (χ2v) is 5.76. The van der Waals surface area contributed by atoms with Gasteiger partial charge in [0.05, 0.1) is 11.5 Å². The predicted molar refractivity (Wildman–Crippen MR) is 54.0 cm³/mol. The first-order valence-electron chi connectivity index (χ1n) is 4.70. The van der Waals surface area contributed by atoms with Gasteiger partial charge in [0.1, 0.15) is 0 Å². The third-order valence-electron chi connectivity index (χ3n) is 2.55. The highest BCUT2D eigenvalue weighted by Gasteiger charge is 2.29. The third-order valence-corrected chi connectivity index (χ3v) is 4.40. The fraction of sp³-hybridized carbons (Fsp3) is 0.875. The maximum absolute atomic E-state index is 11.5. The Balaban J connectivity index is 2.73. The first-order valence-corrected chi connectivity index (χ1v) is 6.30. The minimum atomic E-state index is -3.09. The molecule has 0 saturated carbocycles. The van der Waals surface area contributed by atoms with Crippen LogP contribution in [0.2, 0.25) is 0 Å². The van der Waals surface area contributed by atoms with Crippen molar-refractivity contribution >= 4 is 15.7 Å². The van der Waals surface area contributed by atoms with E-state index in [0.717, 1.165) is 0 Å². The molecule has 0 bridgehead atoms. The predicted octanol–water partition coefficient (Wildman–Crippen LogP) is 0.508. The standard InChI is InChI=1S/C8H16N2O3S/c1-3-14(12,13)10-5-4-8(9-11)7(2)6-10/h7,11H,3-6H2,1-2H3/b9-8-. The summed E-state index contributed by atoms with van der Waals surface area (Å²) in [4.78, 5) is 0. The Morgan fingerprint density at radius 2 is 2.29 bits per heavy atom. The van der Waals surface area contributed by atoms with Gasteiger partial charge >= 0.3 is 0 Å². The molecule has 6 heteroatoms. The Bertz CT molecular complexity index is 323. The molecule has 1 N–H and O–H groups in total. The highest BCUT2D eigenvalue weighted by molar-refractivity contribution is 7.89. The Hall–Kier alpha value is -0.620. The lowest BCUT2D eigenvalue weighted by atomic mass is 10.00. The zero-order valence-electron chi connectivity index (χ0n) is 8.47. The summed E-state index contributed by atoms with van der Waals surface area (Å²) in [6.07, 6.45) is 0.525. The Kier molecular flexibility index (Phi) is 3.49. The maximum Gasteiger partial charge on any atom is 0.213 e. The second kappa shape index (κ2) is 4.27. The van der Waals surface area contributed by atoms with Crippen LogP contribution in [0.3, 0.4) is 0 Å². The van der Waals surface area contributed by atoms with Crippen LogP contribution in [0.5, 0.6) is 0 Å². The molecule has 0 spiro atoms. The van der Waals surface area contributed by atoms with Crippen LogP contribution in [0, 0.1) is 5.92 Å². The molecule has 0 aliphatic carbocycles. The lowest BCUT2D eigenvalue weighted by Crippen LogP contribution is -2.43. The van der Waals surface area contributed by atoms with Gasteiger partial charge in [0.15, 0.2) is 0 Å². The molecule has 1 fully saturated rings. The molecule has 1 rings (SSSR count). The Morgan fingerprint density at radius 1 is 1.64 bits per heavy atom. The lowest BCUT2D eigenvalue weighted by Gasteiger charge is -2.30. The molecule has 1 aliphatic heterocycles. The SMILES string of the molecule is CCS(=O)(=O)N1CC/C(=N/O)C(C)C1. The molecule has 1 unspecified atom stereocenters. The molecule has 1 atom stereocenters. The van der Waals surface area contributed by atoms with Crippen molar-refractivity contribution in [3.63, 3.8) is 0 Å². The molecule has 0 aromatic carbocycles. The van der Waals surface area contributed by atoms with Crippen LogP contribution in [0.25, 0.3) is 0 Å². The number of piperidine rings is 1. The maximum atomic E-state index is 11.5. The second-order valence-electron chi connectivity index (χ2n) is 3.50. The van der Waals surface area contributed by atoms with Gasteiger partial charge < -0.3 is 5.21 Å². The van der Waals surface area contributed by atoms with Crippen LogP contribution >= 0.6 is 0 Å². The van der Waals surface area contributed by atoms with E-state index in [2.05, 4.69) is 5.16 Å². The van der Waals surface area contributed by atoms with Gasteiger partial charge in [-0.2, -0.15) is 0 Å². The summed E-state index contributed by atoms with van der Waals surface area (Å²) >= 11 is 0. The van der Waals surface area contributed by atoms with Gasteiger partial charge in [-0.15, -0.1) is 0 Å². The summed E-state index contributed by atoms with van der Waals surface area (Å²) in [6, 6.07) is 0. The molecule has 1 heterocycles. The molecule has 1 aliphatic rings. The molecule has 14 heavy (non-hydrogen) atoms. The number of rotatable bonds is 2. The lowest BCUT2D eigenvalue weighted by molar-refractivity contribution is 0.300. The van der Waals surface area contributed by atoms with E-state index < -0.39 is 10.0 Å². The molecule has 5 nitrogen and oxygen atoms in total. The summed E-state index contributed by atoms with van der Waals surface area (Å²) < 4.78 is 24.5. The summed E-state index contributed by atoms with van der Waals surface area (Å²) in [5.74, 6) is 0.140.